The van der Waals surface area contributed by atoms with Crippen molar-refractivity contribution in [3.63, 3.8) is 0 Å². The van der Waals surface area contributed by atoms with Gasteiger partial charge in [-0.3, -0.25) is 4.98 Å². The summed E-state index contributed by atoms with van der Waals surface area (Å²) in [5.41, 5.74) is 1.53. The van der Waals surface area contributed by atoms with E-state index >= 15 is 0 Å². The van der Waals surface area contributed by atoms with Crippen LogP contribution < -0.4 is 4.74 Å². The first-order valence-corrected chi connectivity index (χ1v) is 8.28. The van der Waals surface area contributed by atoms with Gasteiger partial charge in [-0.15, -0.1) is 0 Å². The molecule has 1 heterocycles. The lowest BCUT2D eigenvalue weighted by molar-refractivity contribution is 0.309. The Morgan fingerprint density at radius 1 is 1.05 bits per heavy atom. The van der Waals surface area contributed by atoms with Crippen LogP contribution in [0.1, 0.15) is 5.56 Å². The van der Waals surface area contributed by atoms with E-state index in [4.69, 9.17) is 39.5 Å². The van der Waals surface area contributed by atoms with Crippen molar-refractivity contribution in [3.05, 3.63) is 67.7 Å². The van der Waals surface area contributed by atoms with Crippen molar-refractivity contribution in [2.45, 2.75) is 6.61 Å². The summed E-state index contributed by atoms with van der Waals surface area (Å²) in [5.74, 6) is 0.534. The summed E-state index contributed by atoms with van der Waals surface area (Å²) in [4.78, 5) is 4.36. The molecular weight excluding hydrogens is 408 g/mol. The quantitative estimate of drug-likeness (QED) is 0.483. The molecule has 0 aliphatic rings. The van der Waals surface area contributed by atoms with Gasteiger partial charge in [-0.05, 0) is 24.3 Å². The summed E-state index contributed by atoms with van der Waals surface area (Å²) in [5, 5.41) is 2.56. The van der Waals surface area contributed by atoms with Crippen LogP contribution in [-0.2, 0) is 6.61 Å². The molecule has 1 aromatic heterocycles. The fourth-order valence-corrected chi connectivity index (χ4v) is 3.47. The number of benzene rings is 2. The SMILES string of the molecule is Clc1ccc(COc2c(Cl)cc(Br)c3cccnc23)c(Cl)c1. The lowest BCUT2D eigenvalue weighted by atomic mass is 10.2. The van der Waals surface area contributed by atoms with Crippen molar-refractivity contribution in [1.82, 2.24) is 4.98 Å². The van der Waals surface area contributed by atoms with Crippen LogP contribution in [0.5, 0.6) is 5.75 Å². The third-order valence-electron chi connectivity index (χ3n) is 3.14. The molecule has 0 aliphatic heterocycles. The Morgan fingerprint density at radius 3 is 2.64 bits per heavy atom. The second-order valence-corrected chi connectivity index (χ2v) is 6.70. The molecule has 2 nitrogen and oxygen atoms in total. The first-order chi connectivity index (χ1) is 10.6. The maximum absolute atomic E-state index is 6.29. The number of ether oxygens (including phenoxy) is 1. The summed E-state index contributed by atoms with van der Waals surface area (Å²) in [6.45, 7) is 0.281. The Kier molecular flexibility index (Phi) is 4.79. The van der Waals surface area contributed by atoms with Gasteiger partial charge in [0.15, 0.2) is 5.75 Å². The minimum atomic E-state index is 0.281. The Labute approximate surface area is 151 Å². The summed E-state index contributed by atoms with van der Waals surface area (Å²) in [7, 11) is 0. The van der Waals surface area contributed by atoms with E-state index in [1.165, 1.54) is 0 Å². The maximum Gasteiger partial charge on any atom is 0.164 e. The minimum Gasteiger partial charge on any atom is -0.485 e. The second-order valence-electron chi connectivity index (χ2n) is 4.59. The lowest BCUT2D eigenvalue weighted by Crippen LogP contribution is -1.98. The molecule has 0 atom stereocenters. The average Bonchev–Trinajstić information content (AvgIpc) is 2.49. The molecule has 0 unspecified atom stereocenters. The van der Waals surface area contributed by atoms with Gasteiger partial charge in [-0.1, -0.05) is 62.9 Å². The lowest BCUT2D eigenvalue weighted by Gasteiger charge is -2.12. The van der Waals surface area contributed by atoms with Crippen LogP contribution in [0.15, 0.2) is 47.1 Å². The molecule has 0 saturated carbocycles. The van der Waals surface area contributed by atoms with Gasteiger partial charge in [0.2, 0.25) is 0 Å². The van der Waals surface area contributed by atoms with Crippen LogP contribution in [0.2, 0.25) is 15.1 Å². The summed E-state index contributed by atoms with van der Waals surface area (Å²) in [6.07, 6.45) is 1.70. The Balaban J connectivity index is 1.97. The molecule has 0 fully saturated rings. The van der Waals surface area contributed by atoms with Crippen molar-refractivity contribution < 1.29 is 4.74 Å². The zero-order chi connectivity index (χ0) is 15.7. The van der Waals surface area contributed by atoms with Gasteiger partial charge in [0.1, 0.15) is 12.1 Å². The van der Waals surface area contributed by atoms with E-state index in [9.17, 15) is 0 Å². The number of pyridine rings is 1. The fourth-order valence-electron chi connectivity index (χ4n) is 2.07. The topological polar surface area (TPSA) is 22.1 Å². The van der Waals surface area contributed by atoms with E-state index in [-0.39, 0.29) is 6.61 Å². The Bertz CT molecular complexity index is 854. The molecule has 112 valence electrons. The van der Waals surface area contributed by atoms with E-state index in [1.54, 1.807) is 24.4 Å². The van der Waals surface area contributed by atoms with Gasteiger partial charge in [-0.25, -0.2) is 0 Å². The largest absolute Gasteiger partial charge is 0.485 e. The number of hydrogen-bond acceptors (Lipinski definition) is 2. The first-order valence-electron chi connectivity index (χ1n) is 6.35. The molecular formula is C16H9BrCl3NO. The number of halogens is 4. The van der Waals surface area contributed by atoms with Crippen LogP contribution in [0.3, 0.4) is 0 Å². The number of fused-ring (bicyclic) bond motifs is 1. The molecule has 0 bridgehead atoms. The zero-order valence-corrected chi connectivity index (χ0v) is 15.0. The Hall–Kier alpha value is -1.00. The van der Waals surface area contributed by atoms with Gasteiger partial charge < -0.3 is 4.74 Å². The third-order valence-corrected chi connectivity index (χ3v) is 4.66. The molecule has 0 radical (unpaired) electrons. The molecule has 0 amide bonds. The molecule has 0 spiro atoms. The predicted molar refractivity (Wildman–Crippen MR) is 95.2 cm³/mol. The fraction of sp³-hybridized carbons (Fsp3) is 0.0625. The summed E-state index contributed by atoms with van der Waals surface area (Å²) < 4.78 is 6.74. The van der Waals surface area contributed by atoms with E-state index in [0.29, 0.717) is 26.3 Å². The second kappa shape index (κ2) is 6.63. The number of aromatic nitrogens is 1. The smallest absolute Gasteiger partial charge is 0.164 e. The standard InChI is InChI=1S/C16H9BrCl3NO/c17-12-7-14(20)16(15-11(12)2-1-5-21-15)22-8-9-3-4-10(18)6-13(9)19/h1-7H,8H2. The molecule has 3 aromatic rings. The van der Waals surface area contributed by atoms with Crippen molar-refractivity contribution >= 4 is 61.6 Å². The van der Waals surface area contributed by atoms with Crippen LogP contribution >= 0.6 is 50.7 Å². The van der Waals surface area contributed by atoms with Crippen LogP contribution in [0.25, 0.3) is 10.9 Å². The maximum atomic E-state index is 6.29. The molecule has 22 heavy (non-hydrogen) atoms. The minimum absolute atomic E-state index is 0.281. The van der Waals surface area contributed by atoms with Crippen molar-refractivity contribution in [2.75, 3.05) is 0 Å². The van der Waals surface area contributed by atoms with Crippen LogP contribution in [0, 0.1) is 0 Å². The van der Waals surface area contributed by atoms with Gasteiger partial charge in [-0.2, -0.15) is 0 Å². The van der Waals surface area contributed by atoms with E-state index in [2.05, 4.69) is 20.9 Å². The highest BCUT2D eigenvalue weighted by atomic mass is 79.9. The summed E-state index contributed by atoms with van der Waals surface area (Å²) >= 11 is 21.8. The molecule has 0 aliphatic carbocycles. The highest BCUT2D eigenvalue weighted by molar-refractivity contribution is 9.10. The van der Waals surface area contributed by atoms with Gasteiger partial charge in [0.05, 0.1) is 5.02 Å². The molecule has 6 heteroatoms. The van der Waals surface area contributed by atoms with Gasteiger partial charge in [0, 0.05) is 31.7 Å². The van der Waals surface area contributed by atoms with E-state index < -0.39 is 0 Å². The molecule has 3 rings (SSSR count). The van der Waals surface area contributed by atoms with Gasteiger partial charge >= 0.3 is 0 Å². The zero-order valence-electron chi connectivity index (χ0n) is 11.1. The number of rotatable bonds is 3. The van der Waals surface area contributed by atoms with E-state index in [1.807, 2.05) is 18.2 Å². The molecule has 0 saturated heterocycles. The number of hydrogen-bond donors (Lipinski definition) is 0. The normalized spacial score (nSPS) is 10.9. The highest BCUT2D eigenvalue weighted by Gasteiger charge is 2.13. The summed E-state index contributed by atoms with van der Waals surface area (Å²) in [6, 6.07) is 10.9. The van der Waals surface area contributed by atoms with Crippen molar-refractivity contribution in [3.8, 4) is 5.75 Å². The van der Waals surface area contributed by atoms with Gasteiger partial charge in [0.25, 0.3) is 0 Å². The van der Waals surface area contributed by atoms with Crippen molar-refractivity contribution in [1.29, 1.82) is 0 Å². The average molecular weight is 418 g/mol. The number of nitrogens with zero attached hydrogens (tertiary/aromatic N) is 1. The first kappa shape index (κ1) is 15.9. The third kappa shape index (κ3) is 3.18. The Morgan fingerprint density at radius 2 is 1.86 bits per heavy atom. The van der Waals surface area contributed by atoms with E-state index in [0.717, 1.165) is 15.4 Å². The molecule has 2 aromatic carbocycles. The monoisotopic (exact) mass is 415 g/mol. The van der Waals surface area contributed by atoms with Crippen LogP contribution in [0.4, 0.5) is 0 Å². The predicted octanol–water partition coefficient (Wildman–Crippen LogP) is 6.54. The van der Waals surface area contributed by atoms with Crippen LogP contribution in [-0.4, -0.2) is 4.98 Å². The highest BCUT2D eigenvalue weighted by Crippen LogP contribution is 2.37. The molecule has 0 N–H and O–H groups in total. The van der Waals surface area contributed by atoms with Crippen molar-refractivity contribution in [2.24, 2.45) is 0 Å².